The van der Waals surface area contributed by atoms with Gasteiger partial charge in [0.25, 0.3) is 0 Å². The number of hydrogen-bond donors (Lipinski definition) is 3. The Labute approximate surface area is 94.4 Å². The van der Waals surface area contributed by atoms with Crippen LogP contribution in [0, 0.1) is 0 Å². The number of nitrogens with zero attached hydrogens (tertiary/aromatic N) is 1. The molecule has 0 bridgehead atoms. The molecule has 4 nitrogen and oxygen atoms in total. The summed E-state index contributed by atoms with van der Waals surface area (Å²) < 4.78 is 0. The van der Waals surface area contributed by atoms with Gasteiger partial charge in [0.05, 0.1) is 24.7 Å². The fourth-order valence-corrected chi connectivity index (χ4v) is 1.59. The van der Waals surface area contributed by atoms with E-state index in [1.165, 1.54) is 0 Å². The van der Waals surface area contributed by atoms with Crippen molar-refractivity contribution in [2.45, 2.75) is 19.6 Å². The molecular weight excluding hydrogens is 202 g/mol. The molecule has 1 atom stereocenters. The number of H-pyrrole nitrogens is 1. The first-order chi connectivity index (χ1) is 7.77. The van der Waals surface area contributed by atoms with Gasteiger partial charge in [-0.2, -0.15) is 0 Å². The minimum absolute atomic E-state index is 0.467. The van der Waals surface area contributed by atoms with Crippen LogP contribution >= 0.6 is 0 Å². The van der Waals surface area contributed by atoms with Gasteiger partial charge in [0, 0.05) is 17.4 Å². The van der Waals surface area contributed by atoms with Crippen molar-refractivity contribution >= 4 is 5.69 Å². The van der Waals surface area contributed by atoms with Crippen LogP contribution in [-0.2, 0) is 6.54 Å². The molecule has 16 heavy (non-hydrogen) atoms. The van der Waals surface area contributed by atoms with Gasteiger partial charge in [0.2, 0.25) is 0 Å². The molecule has 0 saturated carbocycles. The molecule has 0 radical (unpaired) electrons. The molecule has 0 aliphatic heterocycles. The Kier molecular flexibility index (Phi) is 3.22. The topological polar surface area (TPSA) is 60.9 Å². The van der Waals surface area contributed by atoms with Gasteiger partial charge >= 0.3 is 0 Å². The Morgan fingerprint density at radius 2 is 2.25 bits per heavy atom. The summed E-state index contributed by atoms with van der Waals surface area (Å²) in [6.45, 7) is 2.43. The molecule has 4 heteroatoms. The fraction of sp³-hybridized carbons (Fsp3) is 0.250. The summed E-state index contributed by atoms with van der Waals surface area (Å²) in [6.07, 6.45) is 2.96. The first-order valence-corrected chi connectivity index (χ1v) is 5.25. The number of benzene rings is 1. The number of nitrogens with one attached hydrogen (secondary N) is 2. The fourth-order valence-electron chi connectivity index (χ4n) is 1.59. The summed E-state index contributed by atoms with van der Waals surface area (Å²) in [7, 11) is 0. The van der Waals surface area contributed by atoms with E-state index in [0.717, 1.165) is 16.9 Å². The maximum atomic E-state index is 9.60. The Bertz CT molecular complexity index is 437. The lowest BCUT2D eigenvalue weighted by Gasteiger charge is -2.13. The van der Waals surface area contributed by atoms with Gasteiger partial charge in [-0.3, -0.25) is 0 Å². The van der Waals surface area contributed by atoms with Crippen molar-refractivity contribution < 1.29 is 5.11 Å². The summed E-state index contributed by atoms with van der Waals surface area (Å²) in [6, 6.07) is 7.74. The lowest BCUT2D eigenvalue weighted by molar-refractivity contribution is 0.200. The number of aromatic amines is 1. The molecule has 0 spiro atoms. The van der Waals surface area contributed by atoms with Crippen LogP contribution in [-0.4, -0.2) is 15.1 Å². The van der Waals surface area contributed by atoms with Crippen molar-refractivity contribution in [1.82, 2.24) is 9.97 Å². The van der Waals surface area contributed by atoms with E-state index in [-0.39, 0.29) is 0 Å². The first kappa shape index (κ1) is 10.7. The van der Waals surface area contributed by atoms with Crippen molar-refractivity contribution in [2.75, 3.05) is 5.32 Å². The molecule has 2 rings (SSSR count). The van der Waals surface area contributed by atoms with Gasteiger partial charge in [-0.25, -0.2) is 4.98 Å². The molecule has 1 aromatic carbocycles. The largest absolute Gasteiger partial charge is 0.389 e. The van der Waals surface area contributed by atoms with Crippen LogP contribution in [0.15, 0.2) is 36.8 Å². The number of aliphatic hydroxyl groups excluding tert-OH is 1. The van der Waals surface area contributed by atoms with E-state index >= 15 is 0 Å². The van der Waals surface area contributed by atoms with Crippen molar-refractivity contribution in [3.8, 4) is 0 Å². The summed E-state index contributed by atoms with van der Waals surface area (Å²) in [5, 5.41) is 12.9. The van der Waals surface area contributed by atoms with E-state index in [2.05, 4.69) is 15.3 Å². The van der Waals surface area contributed by atoms with Crippen LogP contribution in [0.4, 0.5) is 5.69 Å². The van der Waals surface area contributed by atoms with Crippen LogP contribution in [0.1, 0.15) is 24.3 Å². The van der Waals surface area contributed by atoms with Crippen LogP contribution in [0.25, 0.3) is 0 Å². The van der Waals surface area contributed by atoms with E-state index in [9.17, 15) is 5.11 Å². The van der Waals surface area contributed by atoms with Crippen LogP contribution in [0.3, 0.4) is 0 Å². The second kappa shape index (κ2) is 4.81. The van der Waals surface area contributed by atoms with Gasteiger partial charge in [-0.15, -0.1) is 0 Å². The van der Waals surface area contributed by atoms with Gasteiger partial charge < -0.3 is 15.4 Å². The average molecular weight is 217 g/mol. The van der Waals surface area contributed by atoms with E-state index in [4.69, 9.17) is 0 Å². The number of para-hydroxylation sites is 1. The van der Waals surface area contributed by atoms with Gasteiger partial charge in [0.1, 0.15) is 0 Å². The molecule has 1 aromatic heterocycles. The molecular formula is C12H15N3O. The molecule has 3 N–H and O–H groups in total. The van der Waals surface area contributed by atoms with Crippen molar-refractivity contribution in [3.63, 3.8) is 0 Å². The molecule has 84 valence electrons. The monoisotopic (exact) mass is 217 g/mol. The maximum Gasteiger partial charge on any atom is 0.0922 e. The summed E-state index contributed by atoms with van der Waals surface area (Å²) in [5.74, 6) is 0. The minimum Gasteiger partial charge on any atom is -0.389 e. The van der Waals surface area contributed by atoms with Crippen LogP contribution in [0.5, 0.6) is 0 Å². The third kappa shape index (κ3) is 2.41. The average Bonchev–Trinajstić information content (AvgIpc) is 2.79. The maximum absolute atomic E-state index is 9.60. The Hall–Kier alpha value is -1.81. The number of imidazole rings is 1. The van der Waals surface area contributed by atoms with Gasteiger partial charge in [0.15, 0.2) is 0 Å². The summed E-state index contributed by atoms with van der Waals surface area (Å²) in [4.78, 5) is 6.97. The summed E-state index contributed by atoms with van der Waals surface area (Å²) in [5.41, 5.74) is 2.87. The highest BCUT2D eigenvalue weighted by atomic mass is 16.3. The Morgan fingerprint density at radius 1 is 1.44 bits per heavy atom. The predicted molar refractivity (Wildman–Crippen MR) is 63.0 cm³/mol. The second-order valence-electron chi connectivity index (χ2n) is 3.69. The third-order valence-corrected chi connectivity index (χ3v) is 2.44. The summed E-state index contributed by atoms with van der Waals surface area (Å²) >= 11 is 0. The second-order valence-corrected chi connectivity index (χ2v) is 3.69. The predicted octanol–water partition coefficient (Wildman–Crippen LogP) is 2.08. The number of aliphatic hydroxyl groups is 1. The van der Waals surface area contributed by atoms with Crippen molar-refractivity contribution in [1.29, 1.82) is 0 Å². The molecule has 1 heterocycles. The van der Waals surface area contributed by atoms with Crippen molar-refractivity contribution in [3.05, 3.63) is 48.0 Å². The molecule has 1 unspecified atom stereocenters. The smallest absolute Gasteiger partial charge is 0.0922 e. The number of anilines is 1. The number of hydrogen-bond acceptors (Lipinski definition) is 3. The van der Waals surface area contributed by atoms with E-state index < -0.39 is 6.10 Å². The molecule has 0 aliphatic carbocycles. The minimum atomic E-state index is -0.467. The normalized spacial score (nSPS) is 12.4. The standard InChI is InChI=1S/C12H15N3O/c1-9(16)11-4-2-3-5-12(11)14-7-10-6-13-8-15-10/h2-6,8-9,14,16H,7H2,1H3,(H,13,15). The van der Waals surface area contributed by atoms with Gasteiger partial charge in [-0.1, -0.05) is 18.2 Å². The molecule has 0 aliphatic rings. The van der Waals surface area contributed by atoms with E-state index in [1.807, 2.05) is 24.3 Å². The zero-order valence-corrected chi connectivity index (χ0v) is 9.14. The highest BCUT2D eigenvalue weighted by molar-refractivity contribution is 5.52. The third-order valence-electron chi connectivity index (χ3n) is 2.44. The lowest BCUT2D eigenvalue weighted by Crippen LogP contribution is -2.04. The highest BCUT2D eigenvalue weighted by Crippen LogP contribution is 2.22. The molecule has 2 aromatic rings. The van der Waals surface area contributed by atoms with Crippen LogP contribution in [0.2, 0.25) is 0 Å². The quantitative estimate of drug-likeness (QED) is 0.734. The van der Waals surface area contributed by atoms with Gasteiger partial charge in [-0.05, 0) is 13.0 Å². The molecule has 0 saturated heterocycles. The SMILES string of the molecule is CC(O)c1ccccc1NCc1cnc[nH]1. The van der Waals surface area contributed by atoms with Crippen LogP contribution < -0.4 is 5.32 Å². The molecule has 0 amide bonds. The highest BCUT2D eigenvalue weighted by Gasteiger charge is 2.06. The van der Waals surface area contributed by atoms with E-state index in [0.29, 0.717) is 6.54 Å². The lowest BCUT2D eigenvalue weighted by atomic mass is 10.1. The molecule has 0 fully saturated rings. The Morgan fingerprint density at radius 3 is 2.94 bits per heavy atom. The Balaban J connectivity index is 2.09. The van der Waals surface area contributed by atoms with Crippen molar-refractivity contribution in [2.24, 2.45) is 0 Å². The number of aromatic nitrogens is 2. The first-order valence-electron chi connectivity index (χ1n) is 5.25. The zero-order chi connectivity index (χ0) is 11.4. The van der Waals surface area contributed by atoms with E-state index in [1.54, 1.807) is 19.4 Å². The zero-order valence-electron chi connectivity index (χ0n) is 9.14. The number of rotatable bonds is 4.